The summed E-state index contributed by atoms with van der Waals surface area (Å²) in [6.45, 7) is 5.74. The first-order chi connectivity index (χ1) is 9.16. The van der Waals surface area contributed by atoms with Gasteiger partial charge in [-0.25, -0.2) is 13.2 Å². The highest BCUT2D eigenvalue weighted by Crippen LogP contribution is 2.23. The summed E-state index contributed by atoms with van der Waals surface area (Å²) in [6, 6.07) is 1.09. The second-order valence-electron chi connectivity index (χ2n) is 5.62. The van der Waals surface area contributed by atoms with E-state index in [4.69, 9.17) is 11.6 Å². The molecule has 0 radical (unpaired) electrons. The van der Waals surface area contributed by atoms with E-state index in [0.29, 0.717) is 24.4 Å². The summed E-state index contributed by atoms with van der Waals surface area (Å²) in [5.41, 5.74) is -0.521. The number of rotatable bonds is 4. The van der Waals surface area contributed by atoms with Gasteiger partial charge in [0.25, 0.3) is 5.91 Å². The van der Waals surface area contributed by atoms with Crippen molar-refractivity contribution in [2.24, 2.45) is 5.41 Å². The van der Waals surface area contributed by atoms with Crippen molar-refractivity contribution < 1.29 is 18.0 Å². The van der Waals surface area contributed by atoms with Gasteiger partial charge in [0.2, 0.25) is 0 Å². The van der Waals surface area contributed by atoms with Gasteiger partial charge in [-0.3, -0.25) is 4.79 Å². The summed E-state index contributed by atoms with van der Waals surface area (Å²) in [5, 5.41) is 2.67. The molecule has 112 valence electrons. The smallest absolute Gasteiger partial charge is 0.251 e. The number of halogens is 4. The van der Waals surface area contributed by atoms with E-state index in [1.165, 1.54) is 0 Å². The highest BCUT2D eigenvalue weighted by atomic mass is 35.5. The molecule has 0 heterocycles. The van der Waals surface area contributed by atoms with Crippen LogP contribution < -0.4 is 5.32 Å². The van der Waals surface area contributed by atoms with Gasteiger partial charge in [-0.1, -0.05) is 20.8 Å². The Morgan fingerprint density at radius 2 is 1.75 bits per heavy atom. The fourth-order valence-corrected chi connectivity index (χ4v) is 1.98. The van der Waals surface area contributed by atoms with E-state index in [1.54, 1.807) is 0 Å². The Morgan fingerprint density at radius 1 is 1.25 bits per heavy atom. The van der Waals surface area contributed by atoms with E-state index in [9.17, 15) is 18.0 Å². The molecule has 2 nitrogen and oxygen atoms in total. The molecular weight excluding hydrogens is 291 g/mol. The SMILES string of the molecule is CC(C)(C)C(CCCl)NC(=O)c1cc(F)c(F)c(F)c1. The molecule has 0 bridgehead atoms. The van der Waals surface area contributed by atoms with Crippen LogP contribution >= 0.6 is 11.6 Å². The molecule has 1 aromatic rings. The molecule has 1 unspecified atom stereocenters. The molecule has 1 aromatic carbocycles. The number of alkyl halides is 1. The van der Waals surface area contributed by atoms with Crippen LogP contribution in [0.5, 0.6) is 0 Å². The summed E-state index contributed by atoms with van der Waals surface area (Å²) in [7, 11) is 0. The molecule has 1 atom stereocenters. The van der Waals surface area contributed by atoms with E-state index < -0.39 is 23.4 Å². The van der Waals surface area contributed by atoms with Crippen molar-refractivity contribution >= 4 is 17.5 Å². The van der Waals surface area contributed by atoms with E-state index >= 15 is 0 Å². The van der Waals surface area contributed by atoms with Crippen molar-refractivity contribution in [3.8, 4) is 0 Å². The Hall–Kier alpha value is -1.23. The Labute approximate surface area is 121 Å². The van der Waals surface area contributed by atoms with Gasteiger partial charge < -0.3 is 5.32 Å². The van der Waals surface area contributed by atoms with Crippen LogP contribution in [0, 0.1) is 22.9 Å². The second-order valence-corrected chi connectivity index (χ2v) is 6.00. The summed E-state index contributed by atoms with van der Waals surface area (Å²) >= 11 is 5.68. The molecule has 0 aliphatic heterocycles. The number of hydrogen-bond donors (Lipinski definition) is 1. The molecule has 0 aliphatic rings. The normalized spacial score (nSPS) is 13.2. The monoisotopic (exact) mass is 307 g/mol. The van der Waals surface area contributed by atoms with E-state index in [-0.39, 0.29) is 17.0 Å². The summed E-state index contributed by atoms with van der Waals surface area (Å²) in [4.78, 5) is 12.0. The van der Waals surface area contributed by atoms with Crippen LogP contribution in [0.15, 0.2) is 12.1 Å². The molecule has 20 heavy (non-hydrogen) atoms. The van der Waals surface area contributed by atoms with Crippen LogP contribution in [0.2, 0.25) is 0 Å². The molecule has 0 aliphatic carbocycles. The minimum Gasteiger partial charge on any atom is -0.349 e. The lowest BCUT2D eigenvalue weighted by Gasteiger charge is -2.31. The average Bonchev–Trinajstić information content (AvgIpc) is 2.33. The van der Waals surface area contributed by atoms with Gasteiger partial charge >= 0.3 is 0 Å². The largest absolute Gasteiger partial charge is 0.349 e. The van der Waals surface area contributed by atoms with Crippen LogP contribution in [-0.2, 0) is 0 Å². The maximum Gasteiger partial charge on any atom is 0.251 e. The second kappa shape index (κ2) is 6.48. The zero-order chi connectivity index (χ0) is 15.5. The summed E-state index contributed by atoms with van der Waals surface area (Å²) in [5.74, 6) is -4.68. The third-order valence-electron chi connectivity index (χ3n) is 2.99. The first-order valence-electron chi connectivity index (χ1n) is 6.18. The molecule has 0 saturated heterocycles. The minimum absolute atomic E-state index is 0.259. The van der Waals surface area contributed by atoms with Gasteiger partial charge in [-0.2, -0.15) is 0 Å². The van der Waals surface area contributed by atoms with Crippen molar-refractivity contribution in [3.05, 3.63) is 35.1 Å². The van der Waals surface area contributed by atoms with Crippen LogP contribution in [0.4, 0.5) is 13.2 Å². The predicted octanol–water partition coefficient (Wildman–Crippen LogP) is 3.88. The topological polar surface area (TPSA) is 29.1 Å². The molecule has 1 rings (SSSR count). The predicted molar refractivity (Wildman–Crippen MR) is 72.4 cm³/mol. The summed E-state index contributed by atoms with van der Waals surface area (Å²) < 4.78 is 39.1. The Morgan fingerprint density at radius 3 is 2.15 bits per heavy atom. The van der Waals surface area contributed by atoms with Crippen molar-refractivity contribution in [3.63, 3.8) is 0 Å². The number of benzene rings is 1. The molecule has 0 saturated carbocycles. The zero-order valence-electron chi connectivity index (χ0n) is 11.6. The highest BCUT2D eigenvalue weighted by Gasteiger charge is 2.26. The van der Waals surface area contributed by atoms with Crippen molar-refractivity contribution in [1.82, 2.24) is 5.32 Å². The quantitative estimate of drug-likeness (QED) is 0.664. The standard InChI is InChI=1S/C14H17ClF3NO/c1-14(2,3)11(4-5-15)19-13(20)8-6-9(16)12(18)10(17)7-8/h6-7,11H,4-5H2,1-3H3,(H,19,20). The van der Waals surface area contributed by atoms with Gasteiger partial charge in [0, 0.05) is 17.5 Å². The molecule has 6 heteroatoms. The fourth-order valence-electron chi connectivity index (χ4n) is 1.76. The molecular formula is C14H17ClF3NO. The maximum atomic E-state index is 13.1. The van der Waals surface area contributed by atoms with Crippen molar-refractivity contribution in [2.75, 3.05) is 5.88 Å². The molecule has 1 N–H and O–H groups in total. The lowest BCUT2D eigenvalue weighted by molar-refractivity contribution is 0.0899. The van der Waals surface area contributed by atoms with Crippen molar-refractivity contribution in [2.45, 2.75) is 33.2 Å². The van der Waals surface area contributed by atoms with E-state index in [0.717, 1.165) is 0 Å². The number of amides is 1. The zero-order valence-corrected chi connectivity index (χ0v) is 12.3. The van der Waals surface area contributed by atoms with Crippen molar-refractivity contribution in [1.29, 1.82) is 0 Å². The Bertz CT molecular complexity index is 477. The number of hydrogen-bond acceptors (Lipinski definition) is 1. The third-order valence-corrected chi connectivity index (χ3v) is 3.21. The number of carbonyl (C=O) groups excluding carboxylic acids is 1. The van der Waals surface area contributed by atoms with Crippen LogP contribution in [0.25, 0.3) is 0 Å². The molecule has 0 aromatic heterocycles. The minimum atomic E-state index is -1.59. The van der Waals surface area contributed by atoms with E-state index in [1.807, 2.05) is 20.8 Å². The van der Waals surface area contributed by atoms with Crippen LogP contribution in [0.1, 0.15) is 37.6 Å². The van der Waals surface area contributed by atoms with Gasteiger partial charge in [-0.05, 0) is 24.0 Å². The summed E-state index contributed by atoms with van der Waals surface area (Å²) in [6.07, 6.45) is 0.517. The third kappa shape index (κ3) is 4.13. The fraction of sp³-hybridized carbons (Fsp3) is 0.500. The van der Waals surface area contributed by atoms with Crippen LogP contribution in [-0.4, -0.2) is 17.8 Å². The average molecular weight is 308 g/mol. The van der Waals surface area contributed by atoms with E-state index in [2.05, 4.69) is 5.32 Å². The maximum absolute atomic E-state index is 13.1. The van der Waals surface area contributed by atoms with Gasteiger partial charge in [0.05, 0.1) is 0 Å². The first kappa shape index (κ1) is 16.8. The molecule has 0 fully saturated rings. The number of nitrogens with one attached hydrogen (secondary N) is 1. The van der Waals surface area contributed by atoms with Gasteiger partial charge in [0.1, 0.15) is 0 Å². The lowest BCUT2D eigenvalue weighted by Crippen LogP contribution is -2.44. The molecule has 1 amide bonds. The first-order valence-corrected chi connectivity index (χ1v) is 6.71. The molecule has 0 spiro atoms. The Balaban J connectivity index is 2.95. The van der Waals surface area contributed by atoms with Gasteiger partial charge in [0.15, 0.2) is 17.5 Å². The highest BCUT2D eigenvalue weighted by molar-refractivity contribution is 6.17. The Kier molecular flexibility index (Phi) is 5.45. The lowest BCUT2D eigenvalue weighted by atomic mass is 9.85. The van der Waals surface area contributed by atoms with Gasteiger partial charge in [-0.15, -0.1) is 11.6 Å². The number of carbonyl (C=O) groups is 1. The van der Waals surface area contributed by atoms with Crippen LogP contribution in [0.3, 0.4) is 0 Å².